The molecule has 4 heteroatoms. The average Bonchev–Trinajstić information content (AvgIpc) is 2.02. The molecule has 0 unspecified atom stereocenters. The Balaban J connectivity index is 3.33. The van der Waals surface area contributed by atoms with Gasteiger partial charge < -0.3 is 14.7 Å². The second kappa shape index (κ2) is 7.06. The Morgan fingerprint density at radius 2 is 2.17 bits per heavy atom. The van der Waals surface area contributed by atoms with Crippen LogP contribution in [0.1, 0.15) is 13.3 Å². The summed E-state index contributed by atoms with van der Waals surface area (Å²) in [6.45, 7) is 4.01. The minimum atomic E-state index is 0.165. The number of aliphatic hydroxyl groups is 1. The van der Waals surface area contributed by atoms with E-state index in [0.717, 1.165) is 6.54 Å². The average molecular weight is 174 g/mol. The number of nitrogens with zero attached hydrogens (tertiary/aromatic N) is 1. The first-order valence-electron chi connectivity index (χ1n) is 4.20. The standard InChI is InChI=1S/C8H18N2O2/c1-3-12-8(9)4-5-10(2)6-7-11/h9,11H,3-7H2,1-2H3. The van der Waals surface area contributed by atoms with Crippen LogP contribution in [-0.4, -0.2) is 49.3 Å². The molecule has 0 amide bonds. The zero-order valence-corrected chi connectivity index (χ0v) is 7.84. The first-order valence-corrected chi connectivity index (χ1v) is 4.20. The summed E-state index contributed by atoms with van der Waals surface area (Å²) in [7, 11) is 1.91. The van der Waals surface area contributed by atoms with Crippen molar-refractivity contribution in [1.82, 2.24) is 4.90 Å². The number of rotatable bonds is 6. The van der Waals surface area contributed by atoms with Gasteiger partial charge in [0, 0.05) is 19.5 Å². The Kier molecular flexibility index (Phi) is 6.70. The molecule has 0 saturated carbocycles. The molecule has 0 aromatic heterocycles. The zero-order valence-electron chi connectivity index (χ0n) is 7.84. The third-order valence-electron chi connectivity index (χ3n) is 1.52. The van der Waals surface area contributed by atoms with Crippen molar-refractivity contribution in [1.29, 1.82) is 5.41 Å². The zero-order chi connectivity index (χ0) is 9.40. The first kappa shape index (κ1) is 11.4. The number of aliphatic hydroxyl groups excluding tert-OH is 1. The summed E-state index contributed by atoms with van der Waals surface area (Å²) in [5, 5.41) is 15.9. The van der Waals surface area contributed by atoms with Crippen LogP contribution in [0.25, 0.3) is 0 Å². The number of ether oxygens (including phenoxy) is 1. The van der Waals surface area contributed by atoms with Crippen LogP contribution in [0.5, 0.6) is 0 Å². The molecule has 0 heterocycles. The van der Waals surface area contributed by atoms with Crippen LogP contribution < -0.4 is 0 Å². The summed E-state index contributed by atoms with van der Waals surface area (Å²) in [6.07, 6.45) is 0.615. The third kappa shape index (κ3) is 6.12. The summed E-state index contributed by atoms with van der Waals surface area (Å²) < 4.78 is 4.96. The number of nitrogens with one attached hydrogen (secondary N) is 1. The van der Waals surface area contributed by atoms with E-state index in [9.17, 15) is 0 Å². The second-order valence-corrected chi connectivity index (χ2v) is 2.63. The van der Waals surface area contributed by atoms with Gasteiger partial charge in [-0.25, -0.2) is 0 Å². The number of hydrogen-bond acceptors (Lipinski definition) is 4. The Hall–Kier alpha value is -0.610. The molecule has 0 aliphatic carbocycles. The second-order valence-electron chi connectivity index (χ2n) is 2.63. The van der Waals surface area contributed by atoms with Gasteiger partial charge >= 0.3 is 0 Å². The molecule has 0 atom stereocenters. The van der Waals surface area contributed by atoms with Crippen LogP contribution in [0.4, 0.5) is 0 Å². The van der Waals surface area contributed by atoms with Crippen molar-refractivity contribution in [2.45, 2.75) is 13.3 Å². The van der Waals surface area contributed by atoms with Gasteiger partial charge in [-0.15, -0.1) is 0 Å². The molecule has 0 bridgehead atoms. The highest BCUT2D eigenvalue weighted by molar-refractivity contribution is 5.72. The summed E-state index contributed by atoms with van der Waals surface area (Å²) >= 11 is 0. The van der Waals surface area contributed by atoms with E-state index in [1.807, 2.05) is 18.9 Å². The molecule has 72 valence electrons. The summed E-state index contributed by atoms with van der Waals surface area (Å²) in [5.74, 6) is 0.322. The molecule has 0 aliphatic rings. The van der Waals surface area contributed by atoms with Crippen LogP contribution in [-0.2, 0) is 4.74 Å². The molecule has 4 nitrogen and oxygen atoms in total. The number of likely N-dealkylation sites (N-methyl/N-ethyl adjacent to an activating group) is 1. The fraction of sp³-hybridized carbons (Fsp3) is 0.875. The maximum absolute atomic E-state index is 8.58. The quantitative estimate of drug-likeness (QED) is 0.450. The molecule has 0 aromatic rings. The smallest absolute Gasteiger partial charge is 0.181 e. The molecule has 0 aliphatic heterocycles. The van der Waals surface area contributed by atoms with E-state index < -0.39 is 0 Å². The lowest BCUT2D eigenvalue weighted by Gasteiger charge is -2.14. The Bertz CT molecular complexity index is 128. The minimum absolute atomic E-state index is 0.165. The van der Waals surface area contributed by atoms with Gasteiger partial charge in [-0.3, -0.25) is 5.41 Å². The molecular formula is C8H18N2O2. The van der Waals surface area contributed by atoms with Gasteiger partial charge in [0.05, 0.1) is 13.2 Å². The first-order chi connectivity index (χ1) is 5.70. The highest BCUT2D eigenvalue weighted by Crippen LogP contribution is 1.90. The largest absolute Gasteiger partial charge is 0.481 e. The van der Waals surface area contributed by atoms with Gasteiger partial charge in [0.25, 0.3) is 0 Å². The van der Waals surface area contributed by atoms with E-state index in [4.69, 9.17) is 15.3 Å². The van der Waals surface area contributed by atoms with E-state index in [0.29, 0.717) is 25.5 Å². The Morgan fingerprint density at radius 3 is 2.67 bits per heavy atom. The maximum Gasteiger partial charge on any atom is 0.181 e. The predicted molar refractivity (Wildman–Crippen MR) is 48.6 cm³/mol. The lowest BCUT2D eigenvalue weighted by molar-refractivity contribution is 0.220. The molecule has 2 N–H and O–H groups in total. The van der Waals surface area contributed by atoms with Crippen molar-refractivity contribution in [3.8, 4) is 0 Å². The van der Waals surface area contributed by atoms with Crippen molar-refractivity contribution in [2.75, 3.05) is 33.4 Å². The summed E-state index contributed by atoms with van der Waals surface area (Å²) in [5.41, 5.74) is 0. The van der Waals surface area contributed by atoms with Crippen LogP contribution >= 0.6 is 0 Å². The molecule has 0 radical (unpaired) electrons. The monoisotopic (exact) mass is 174 g/mol. The molecule has 0 fully saturated rings. The fourth-order valence-electron chi connectivity index (χ4n) is 0.821. The Morgan fingerprint density at radius 1 is 1.50 bits per heavy atom. The normalized spacial score (nSPS) is 10.3. The lowest BCUT2D eigenvalue weighted by atomic mass is 10.4. The van der Waals surface area contributed by atoms with Crippen molar-refractivity contribution in [3.63, 3.8) is 0 Å². The van der Waals surface area contributed by atoms with E-state index in [2.05, 4.69) is 0 Å². The van der Waals surface area contributed by atoms with Gasteiger partial charge in [0.1, 0.15) is 0 Å². The molecule has 0 saturated heterocycles. The van der Waals surface area contributed by atoms with E-state index in [1.165, 1.54) is 0 Å². The highest BCUT2D eigenvalue weighted by atomic mass is 16.5. The van der Waals surface area contributed by atoms with Crippen molar-refractivity contribution >= 4 is 5.90 Å². The van der Waals surface area contributed by atoms with Crippen molar-refractivity contribution in [2.24, 2.45) is 0 Å². The van der Waals surface area contributed by atoms with Crippen LogP contribution in [0, 0.1) is 5.41 Å². The fourth-order valence-corrected chi connectivity index (χ4v) is 0.821. The van der Waals surface area contributed by atoms with Gasteiger partial charge in [-0.2, -0.15) is 0 Å². The van der Waals surface area contributed by atoms with Crippen molar-refractivity contribution in [3.05, 3.63) is 0 Å². The van der Waals surface area contributed by atoms with Gasteiger partial charge in [0.2, 0.25) is 0 Å². The van der Waals surface area contributed by atoms with E-state index in [-0.39, 0.29) is 6.61 Å². The molecule has 12 heavy (non-hydrogen) atoms. The summed E-state index contributed by atoms with van der Waals surface area (Å²) in [6, 6.07) is 0. The van der Waals surface area contributed by atoms with Crippen LogP contribution in [0.3, 0.4) is 0 Å². The number of hydrogen-bond donors (Lipinski definition) is 2. The molecule has 0 aromatic carbocycles. The summed E-state index contributed by atoms with van der Waals surface area (Å²) in [4.78, 5) is 1.97. The van der Waals surface area contributed by atoms with E-state index >= 15 is 0 Å². The molecular weight excluding hydrogens is 156 g/mol. The molecule has 0 spiro atoms. The van der Waals surface area contributed by atoms with Crippen LogP contribution in [0.2, 0.25) is 0 Å². The topological polar surface area (TPSA) is 56.5 Å². The Labute approximate surface area is 73.6 Å². The third-order valence-corrected chi connectivity index (χ3v) is 1.52. The lowest BCUT2D eigenvalue weighted by Crippen LogP contribution is -2.25. The van der Waals surface area contributed by atoms with Crippen LogP contribution in [0.15, 0.2) is 0 Å². The van der Waals surface area contributed by atoms with Gasteiger partial charge in [-0.1, -0.05) is 0 Å². The molecule has 0 rings (SSSR count). The SMILES string of the molecule is CCOC(=N)CCN(C)CCO. The maximum atomic E-state index is 8.58. The predicted octanol–water partition coefficient (Wildman–Crippen LogP) is 0.314. The minimum Gasteiger partial charge on any atom is -0.481 e. The van der Waals surface area contributed by atoms with Crippen molar-refractivity contribution < 1.29 is 9.84 Å². The van der Waals surface area contributed by atoms with Gasteiger partial charge in [-0.05, 0) is 14.0 Å². The highest BCUT2D eigenvalue weighted by Gasteiger charge is 2.00. The van der Waals surface area contributed by atoms with E-state index in [1.54, 1.807) is 0 Å². The van der Waals surface area contributed by atoms with Gasteiger partial charge in [0.15, 0.2) is 5.90 Å².